The average molecular weight is 439 g/mol. The van der Waals surface area contributed by atoms with Crippen molar-refractivity contribution in [1.29, 1.82) is 0 Å². The molecule has 1 fully saturated rings. The van der Waals surface area contributed by atoms with Gasteiger partial charge in [-0.1, -0.05) is 47.9 Å². The van der Waals surface area contributed by atoms with E-state index in [1.54, 1.807) is 24.3 Å². The van der Waals surface area contributed by atoms with E-state index in [0.717, 1.165) is 0 Å². The first-order valence-electron chi connectivity index (χ1n) is 10.4. The minimum Gasteiger partial charge on any atom is -0.507 e. The van der Waals surface area contributed by atoms with E-state index in [2.05, 4.69) is 29.0 Å². The van der Waals surface area contributed by atoms with Crippen LogP contribution in [-0.2, 0) is 10.3 Å². The van der Waals surface area contributed by atoms with Crippen LogP contribution in [0.15, 0.2) is 42.5 Å². The van der Waals surface area contributed by atoms with Gasteiger partial charge in [-0.05, 0) is 25.1 Å². The maximum atomic E-state index is 13.6. The van der Waals surface area contributed by atoms with Crippen LogP contribution in [0, 0.1) is 23.7 Å². The first kappa shape index (κ1) is 19.8. The summed E-state index contributed by atoms with van der Waals surface area (Å²) < 4.78 is 6.12. The molecule has 2 heterocycles. The molecule has 0 amide bonds. The summed E-state index contributed by atoms with van der Waals surface area (Å²) in [6.07, 6.45) is 0.511. The second kappa shape index (κ2) is 6.34. The summed E-state index contributed by atoms with van der Waals surface area (Å²) in [6, 6.07) is 6.88. The van der Waals surface area contributed by atoms with E-state index in [0.29, 0.717) is 0 Å². The molecule has 0 saturated carbocycles. The number of phenols is 1. The lowest BCUT2D eigenvalue weighted by molar-refractivity contribution is 0.0867. The van der Waals surface area contributed by atoms with Crippen LogP contribution in [0.25, 0.3) is 0 Å². The fourth-order valence-corrected chi connectivity index (χ4v) is 5.39. The van der Waals surface area contributed by atoms with Gasteiger partial charge in [-0.3, -0.25) is 9.59 Å². The lowest BCUT2D eigenvalue weighted by Crippen LogP contribution is -2.54. The van der Waals surface area contributed by atoms with Gasteiger partial charge in [0.25, 0.3) is 0 Å². The van der Waals surface area contributed by atoms with Crippen molar-refractivity contribution < 1.29 is 29.6 Å². The van der Waals surface area contributed by atoms with Gasteiger partial charge >= 0.3 is 0 Å². The van der Waals surface area contributed by atoms with Gasteiger partial charge in [-0.25, -0.2) is 0 Å². The molecule has 4 N–H and O–H groups in total. The van der Waals surface area contributed by atoms with Crippen molar-refractivity contribution in [1.82, 2.24) is 0 Å². The molecule has 2 aromatic carbocycles. The number of allylic oxidation sites excluding steroid dienone is 2. The summed E-state index contributed by atoms with van der Waals surface area (Å²) in [4.78, 5) is 26.8. The number of benzene rings is 2. The largest absolute Gasteiger partial charge is 0.507 e. The molecule has 7 nitrogen and oxygen atoms in total. The third kappa shape index (κ3) is 2.21. The molecular weight excluding hydrogens is 422 g/mol. The van der Waals surface area contributed by atoms with Crippen LogP contribution >= 0.6 is 0 Å². The lowest BCUT2D eigenvalue weighted by Gasteiger charge is -2.37. The number of nitrogens with one attached hydrogen (secondary N) is 1. The smallest absolute Gasteiger partial charge is 0.198 e. The Labute approximate surface area is 188 Å². The van der Waals surface area contributed by atoms with E-state index >= 15 is 0 Å². The van der Waals surface area contributed by atoms with Crippen LogP contribution in [0.4, 0.5) is 5.69 Å². The highest BCUT2D eigenvalue weighted by Crippen LogP contribution is 2.67. The zero-order chi connectivity index (χ0) is 23.1. The first-order chi connectivity index (χ1) is 15.8. The minimum atomic E-state index is -1.56. The van der Waals surface area contributed by atoms with Crippen molar-refractivity contribution in [2.75, 3.05) is 5.32 Å². The predicted molar refractivity (Wildman–Crippen MR) is 117 cm³/mol. The number of hydrogen-bond acceptors (Lipinski definition) is 7. The molecular formula is C26H17NO6. The van der Waals surface area contributed by atoms with E-state index in [1.165, 1.54) is 25.1 Å². The van der Waals surface area contributed by atoms with Crippen LogP contribution in [-0.4, -0.2) is 50.7 Å². The van der Waals surface area contributed by atoms with Gasteiger partial charge in [-0.15, -0.1) is 0 Å². The monoisotopic (exact) mass is 439 g/mol. The SMILES string of the molecule is C[C@@H](O)C12O[C@]13c1cc(O)c4c(c1N[C@H]2C#C/C=C\C#C[C@H]3O)C(=O)c1ccccc1C4=O. The number of aromatic hydroxyl groups is 1. The Bertz CT molecular complexity index is 1450. The lowest BCUT2D eigenvalue weighted by atomic mass is 9.69. The van der Waals surface area contributed by atoms with Crippen molar-refractivity contribution in [3.8, 4) is 29.4 Å². The van der Waals surface area contributed by atoms with Crippen molar-refractivity contribution >= 4 is 17.3 Å². The summed E-state index contributed by atoms with van der Waals surface area (Å²) in [5, 5.41) is 36.0. The number of anilines is 1. The summed E-state index contributed by atoms with van der Waals surface area (Å²) in [6.45, 7) is 1.52. The van der Waals surface area contributed by atoms with E-state index in [4.69, 9.17) is 4.74 Å². The number of ketones is 2. The Kier molecular flexibility index (Phi) is 3.80. The number of epoxide rings is 1. The maximum Gasteiger partial charge on any atom is 0.198 e. The second-order valence-electron chi connectivity index (χ2n) is 8.47. The van der Waals surface area contributed by atoms with Crippen molar-refractivity contribution in [3.05, 3.63) is 70.3 Å². The third-order valence-corrected chi connectivity index (χ3v) is 6.87. The quantitative estimate of drug-likeness (QED) is 0.256. The number of hydrogen-bond donors (Lipinski definition) is 4. The molecule has 2 aliphatic carbocycles. The van der Waals surface area contributed by atoms with E-state index < -0.39 is 46.8 Å². The van der Waals surface area contributed by atoms with Crippen LogP contribution < -0.4 is 5.32 Å². The predicted octanol–water partition coefficient (Wildman–Crippen LogP) is 1.24. The Morgan fingerprint density at radius 3 is 2.36 bits per heavy atom. The average Bonchev–Trinajstić information content (AvgIpc) is 3.53. The Morgan fingerprint density at radius 1 is 1.06 bits per heavy atom. The maximum absolute atomic E-state index is 13.6. The molecule has 1 saturated heterocycles. The molecule has 33 heavy (non-hydrogen) atoms. The molecule has 0 spiro atoms. The molecule has 5 atom stereocenters. The van der Waals surface area contributed by atoms with Gasteiger partial charge in [0.05, 0.1) is 22.9 Å². The number of aliphatic hydroxyl groups excluding tert-OH is 2. The van der Waals surface area contributed by atoms with Gasteiger partial charge in [0.1, 0.15) is 11.8 Å². The van der Waals surface area contributed by atoms with Gasteiger partial charge in [0, 0.05) is 16.7 Å². The highest BCUT2D eigenvalue weighted by molar-refractivity contribution is 6.31. The van der Waals surface area contributed by atoms with Crippen molar-refractivity contribution in [3.63, 3.8) is 0 Å². The second-order valence-corrected chi connectivity index (χ2v) is 8.47. The van der Waals surface area contributed by atoms with Gasteiger partial charge < -0.3 is 25.4 Å². The van der Waals surface area contributed by atoms with Gasteiger partial charge in [0.15, 0.2) is 28.9 Å². The summed E-state index contributed by atoms with van der Waals surface area (Å²) in [5.41, 5.74) is -2.18. The molecule has 2 aromatic rings. The summed E-state index contributed by atoms with van der Waals surface area (Å²) in [5.74, 6) is 9.90. The number of carbonyl (C=O) groups is 2. The first-order valence-corrected chi connectivity index (χ1v) is 10.4. The summed E-state index contributed by atoms with van der Waals surface area (Å²) >= 11 is 0. The molecule has 0 aromatic heterocycles. The molecule has 2 bridgehead atoms. The minimum absolute atomic E-state index is 0.0117. The number of phenolic OH excluding ortho intramolecular Hbond substituents is 1. The normalized spacial score (nSPS) is 31.6. The van der Waals surface area contributed by atoms with Crippen molar-refractivity contribution in [2.45, 2.75) is 36.4 Å². The Hall–Kier alpha value is -3.88. The summed E-state index contributed by atoms with van der Waals surface area (Å²) in [7, 11) is 0. The topological polar surface area (TPSA) is 119 Å². The van der Waals surface area contributed by atoms with Gasteiger partial charge in [-0.2, -0.15) is 0 Å². The van der Waals surface area contributed by atoms with Crippen molar-refractivity contribution in [2.24, 2.45) is 0 Å². The zero-order valence-corrected chi connectivity index (χ0v) is 17.3. The van der Waals surface area contributed by atoms with Gasteiger partial charge in [0.2, 0.25) is 0 Å². The standard InChI is InChI=1S/C26H17NO6/c1-13(28)25-18-10-4-2-3-5-11-19(30)26(25,33-25)16-12-17(29)20-21(22(16)27-18)24(32)15-9-7-6-8-14(15)23(20)31/h2-3,6-9,12-13,18-19,27-30H,1H3/b3-2-/t13-,18+,19-,25?,26+/m1/s1. The van der Waals surface area contributed by atoms with Crippen LogP contribution in [0.1, 0.15) is 44.3 Å². The molecule has 2 aliphatic heterocycles. The van der Waals surface area contributed by atoms with E-state index in [1.807, 2.05) is 0 Å². The molecule has 162 valence electrons. The third-order valence-electron chi connectivity index (χ3n) is 6.87. The highest BCUT2D eigenvalue weighted by atomic mass is 16.7. The molecule has 7 heteroatoms. The van der Waals surface area contributed by atoms with E-state index in [-0.39, 0.29) is 33.5 Å². The number of ether oxygens (including phenoxy) is 1. The van der Waals surface area contributed by atoms with Crippen LogP contribution in [0.5, 0.6) is 5.75 Å². The Morgan fingerprint density at radius 2 is 1.70 bits per heavy atom. The number of aliphatic hydroxyl groups is 2. The highest BCUT2D eigenvalue weighted by Gasteiger charge is 2.82. The molecule has 0 radical (unpaired) electrons. The number of carbonyl (C=O) groups excluding carboxylic acids is 2. The van der Waals surface area contributed by atoms with E-state index in [9.17, 15) is 24.9 Å². The fourth-order valence-electron chi connectivity index (χ4n) is 5.39. The zero-order valence-electron chi connectivity index (χ0n) is 17.3. The molecule has 6 rings (SSSR count). The fraction of sp³-hybridized carbons (Fsp3) is 0.231. The number of rotatable bonds is 1. The Balaban J connectivity index is 1.69. The van der Waals surface area contributed by atoms with Crippen LogP contribution in [0.3, 0.4) is 0 Å². The van der Waals surface area contributed by atoms with Crippen LogP contribution in [0.2, 0.25) is 0 Å². The molecule has 1 unspecified atom stereocenters. The molecule has 4 aliphatic rings. The number of fused-ring (bicyclic) bond motifs is 4.